The number of hydrogen-bond acceptors (Lipinski definition) is 5. The number of benzene rings is 1. The number of rotatable bonds is 6. The topological polar surface area (TPSA) is 82.8 Å². The number of hydrogen-bond donors (Lipinski definition) is 2. The molecule has 7 heteroatoms. The number of ether oxygens (including phenoxy) is 3. The second-order valence-corrected chi connectivity index (χ2v) is 4.14. The number of carbonyl (C=O) groups excluding carboxylic acids is 1. The van der Waals surface area contributed by atoms with Gasteiger partial charge in [0.15, 0.2) is 11.5 Å². The molecule has 1 rings (SSSR count). The molecule has 3 N–H and O–H groups in total. The number of amides is 1. The molecule has 20 heavy (non-hydrogen) atoms. The monoisotopic (exact) mass is 304 g/mol. The number of methoxy groups -OCH3 is 3. The molecule has 0 radical (unpaired) electrons. The van der Waals surface area contributed by atoms with Crippen LogP contribution in [0, 0.1) is 0 Å². The van der Waals surface area contributed by atoms with E-state index in [0.29, 0.717) is 22.9 Å². The average Bonchev–Trinajstić information content (AvgIpc) is 2.36. The molecule has 0 aliphatic rings. The first-order valence-corrected chi connectivity index (χ1v) is 5.87. The van der Waals surface area contributed by atoms with Crippen LogP contribution in [0.5, 0.6) is 17.2 Å². The van der Waals surface area contributed by atoms with Crippen LogP contribution in [0.15, 0.2) is 12.1 Å². The van der Waals surface area contributed by atoms with Gasteiger partial charge in [-0.25, -0.2) is 0 Å². The van der Waals surface area contributed by atoms with Gasteiger partial charge in [-0.1, -0.05) is 0 Å². The van der Waals surface area contributed by atoms with Crippen molar-refractivity contribution in [1.82, 2.24) is 0 Å². The summed E-state index contributed by atoms with van der Waals surface area (Å²) in [6.45, 7) is 1.77. The van der Waals surface area contributed by atoms with Gasteiger partial charge in [0.05, 0.1) is 21.3 Å². The first kappa shape index (κ1) is 18.3. The number of carbonyl (C=O) groups is 1. The lowest BCUT2D eigenvalue weighted by Gasteiger charge is -2.15. The van der Waals surface area contributed by atoms with E-state index in [4.69, 9.17) is 19.9 Å². The lowest BCUT2D eigenvalue weighted by Crippen LogP contribution is -2.24. The van der Waals surface area contributed by atoms with Crippen LogP contribution in [0.1, 0.15) is 13.3 Å². The Morgan fingerprint density at radius 1 is 1.20 bits per heavy atom. The second kappa shape index (κ2) is 8.50. The SMILES string of the molecule is COc1cc(NC(=O)CC(C)N)cc(OC)c1OC.Cl. The summed E-state index contributed by atoms with van der Waals surface area (Å²) < 4.78 is 15.6. The van der Waals surface area contributed by atoms with Crippen LogP contribution in [-0.2, 0) is 4.79 Å². The number of halogens is 1. The molecule has 0 bridgehead atoms. The highest BCUT2D eigenvalue weighted by Gasteiger charge is 2.14. The van der Waals surface area contributed by atoms with Crippen molar-refractivity contribution in [1.29, 1.82) is 0 Å². The van der Waals surface area contributed by atoms with E-state index in [2.05, 4.69) is 5.32 Å². The molecule has 0 aromatic heterocycles. The molecule has 6 nitrogen and oxygen atoms in total. The first-order chi connectivity index (χ1) is 9.01. The third-order valence-electron chi connectivity index (χ3n) is 2.46. The summed E-state index contributed by atoms with van der Waals surface area (Å²) in [5, 5.41) is 2.74. The number of nitrogens with one attached hydrogen (secondary N) is 1. The van der Waals surface area contributed by atoms with Crippen LogP contribution in [0.3, 0.4) is 0 Å². The number of nitrogens with two attached hydrogens (primary N) is 1. The van der Waals surface area contributed by atoms with Crippen LogP contribution >= 0.6 is 12.4 Å². The van der Waals surface area contributed by atoms with E-state index < -0.39 is 0 Å². The van der Waals surface area contributed by atoms with Crippen molar-refractivity contribution in [3.8, 4) is 17.2 Å². The predicted octanol–water partition coefficient (Wildman–Crippen LogP) is 1.81. The van der Waals surface area contributed by atoms with Gasteiger partial charge in [0.25, 0.3) is 0 Å². The van der Waals surface area contributed by atoms with Gasteiger partial charge in [-0.3, -0.25) is 4.79 Å². The molecule has 1 aromatic carbocycles. The van der Waals surface area contributed by atoms with Crippen LogP contribution in [-0.4, -0.2) is 33.3 Å². The van der Waals surface area contributed by atoms with Gasteiger partial charge in [-0.15, -0.1) is 12.4 Å². The van der Waals surface area contributed by atoms with E-state index in [1.54, 1.807) is 19.1 Å². The summed E-state index contributed by atoms with van der Waals surface area (Å²) in [5.41, 5.74) is 6.14. The van der Waals surface area contributed by atoms with Gasteiger partial charge < -0.3 is 25.3 Å². The maximum Gasteiger partial charge on any atom is 0.225 e. The summed E-state index contributed by atoms with van der Waals surface area (Å²) in [5.74, 6) is 1.29. The van der Waals surface area contributed by atoms with Gasteiger partial charge >= 0.3 is 0 Å². The van der Waals surface area contributed by atoms with Crippen LogP contribution in [0.25, 0.3) is 0 Å². The molecule has 0 aliphatic heterocycles. The molecule has 1 aromatic rings. The van der Waals surface area contributed by atoms with E-state index in [9.17, 15) is 4.79 Å². The fourth-order valence-corrected chi connectivity index (χ4v) is 1.66. The van der Waals surface area contributed by atoms with Crippen LogP contribution in [0.4, 0.5) is 5.69 Å². The predicted molar refractivity (Wildman–Crippen MR) is 80.2 cm³/mol. The summed E-state index contributed by atoms with van der Waals surface area (Å²) in [4.78, 5) is 11.7. The van der Waals surface area contributed by atoms with Crippen LogP contribution < -0.4 is 25.3 Å². The molecule has 1 amide bonds. The van der Waals surface area contributed by atoms with Crippen molar-refractivity contribution in [3.05, 3.63) is 12.1 Å². The average molecular weight is 305 g/mol. The van der Waals surface area contributed by atoms with E-state index in [0.717, 1.165) is 0 Å². The Morgan fingerprint density at radius 2 is 1.70 bits per heavy atom. The van der Waals surface area contributed by atoms with E-state index in [-0.39, 0.29) is 30.8 Å². The highest BCUT2D eigenvalue weighted by atomic mass is 35.5. The highest BCUT2D eigenvalue weighted by molar-refractivity contribution is 5.91. The smallest absolute Gasteiger partial charge is 0.225 e. The Hall–Kier alpha value is -1.66. The largest absolute Gasteiger partial charge is 0.493 e. The Balaban J connectivity index is 0.00000361. The summed E-state index contributed by atoms with van der Waals surface area (Å²) >= 11 is 0. The van der Waals surface area contributed by atoms with E-state index in [1.807, 2.05) is 0 Å². The van der Waals surface area contributed by atoms with Gasteiger partial charge in [0, 0.05) is 30.3 Å². The minimum atomic E-state index is -0.193. The lowest BCUT2D eigenvalue weighted by molar-refractivity contribution is -0.116. The minimum Gasteiger partial charge on any atom is -0.493 e. The van der Waals surface area contributed by atoms with Gasteiger partial charge in [0.1, 0.15) is 0 Å². The zero-order chi connectivity index (χ0) is 14.4. The third-order valence-corrected chi connectivity index (χ3v) is 2.46. The molecule has 0 saturated carbocycles. The number of anilines is 1. The van der Waals surface area contributed by atoms with Gasteiger partial charge in [-0.2, -0.15) is 0 Å². The molecular formula is C13H21ClN2O4. The van der Waals surface area contributed by atoms with Crippen LogP contribution in [0.2, 0.25) is 0 Å². The van der Waals surface area contributed by atoms with Gasteiger partial charge in [0.2, 0.25) is 11.7 Å². The van der Waals surface area contributed by atoms with Crippen molar-refractivity contribution in [3.63, 3.8) is 0 Å². The molecule has 0 saturated heterocycles. The lowest BCUT2D eigenvalue weighted by atomic mass is 10.2. The molecule has 0 heterocycles. The fraction of sp³-hybridized carbons (Fsp3) is 0.462. The van der Waals surface area contributed by atoms with Crippen molar-refractivity contribution >= 4 is 24.0 Å². The maximum atomic E-state index is 11.7. The summed E-state index contributed by atoms with van der Waals surface area (Å²) in [6, 6.07) is 3.14. The van der Waals surface area contributed by atoms with Crippen molar-refractivity contribution in [2.24, 2.45) is 5.73 Å². The van der Waals surface area contributed by atoms with Crippen molar-refractivity contribution < 1.29 is 19.0 Å². The molecule has 1 unspecified atom stereocenters. The third kappa shape index (κ3) is 4.79. The minimum absolute atomic E-state index is 0. The van der Waals surface area contributed by atoms with Gasteiger partial charge in [-0.05, 0) is 6.92 Å². The second-order valence-electron chi connectivity index (χ2n) is 4.14. The van der Waals surface area contributed by atoms with Crippen molar-refractivity contribution in [2.75, 3.05) is 26.6 Å². The molecule has 0 fully saturated rings. The molecule has 0 aliphatic carbocycles. The normalized spacial score (nSPS) is 11.1. The van der Waals surface area contributed by atoms with E-state index in [1.165, 1.54) is 21.3 Å². The Kier molecular flexibility index (Phi) is 7.79. The molecular weight excluding hydrogens is 284 g/mol. The molecule has 114 valence electrons. The quantitative estimate of drug-likeness (QED) is 0.837. The summed E-state index contributed by atoms with van der Waals surface area (Å²) in [7, 11) is 4.56. The Morgan fingerprint density at radius 3 is 2.05 bits per heavy atom. The Bertz CT molecular complexity index is 427. The molecule has 0 spiro atoms. The molecule has 1 atom stereocenters. The zero-order valence-corrected chi connectivity index (χ0v) is 12.9. The maximum absolute atomic E-state index is 11.7. The first-order valence-electron chi connectivity index (χ1n) is 5.87. The fourth-order valence-electron chi connectivity index (χ4n) is 1.66. The Labute approximate surface area is 125 Å². The highest BCUT2D eigenvalue weighted by Crippen LogP contribution is 2.39. The summed E-state index contributed by atoms with van der Waals surface area (Å²) in [6.07, 6.45) is 0.247. The van der Waals surface area contributed by atoms with E-state index >= 15 is 0 Å². The zero-order valence-electron chi connectivity index (χ0n) is 12.1. The van der Waals surface area contributed by atoms with Crippen molar-refractivity contribution in [2.45, 2.75) is 19.4 Å². The standard InChI is InChI=1S/C13H20N2O4.ClH/c1-8(14)5-12(16)15-9-6-10(17-2)13(19-4)11(7-9)18-3;/h6-8H,5,14H2,1-4H3,(H,15,16);1H.